The highest BCUT2D eigenvalue weighted by Crippen LogP contribution is 2.44. The van der Waals surface area contributed by atoms with Crippen LogP contribution in [0.4, 0.5) is 0 Å². The minimum atomic E-state index is -2.45. The zero-order valence-electron chi connectivity index (χ0n) is 44.8. The van der Waals surface area contributed by atoms with Crippen molar-refractivity contribution < 1.29 is 10.2 Å². The Morgan fingerprint density at radius 3 is 1.93 bits per heavy atom. The van der Waals surface area contributed by atoms with Crippen LogP contribution in [0, 0.1) is 20.7 Å². The first-order valence-corrected chi connectivity index (χ1v) is 23.3. The highest BCUT2D eigenvalue weighted by atomic mass is 16.5. The Kier molecular flexibility index (Phi) is 10.6. The Labute approximate surface area is 404 Å². The van der Waals surface area contributed by atoms with Crippen molar-refractivity contribution in [1.82, 2.24) is 14.5 Å². The van der Waals surface area contributed by atoms with E-state index in [4.69, 9.17) is 20.2 Å². The number of nitrogens with zero attached hydrogens (tertiary/aromatic N) is 3. The number of imidazole rings is 1. The summed E-state index contributed by atoms with van der Waals surface area (Å²) in [6, 6.07) is 52.1. The Balaban J connectivity index is 1.34. The number of pyridine rings is 1. The second-order valence-corrected chi connectivity index (χ2v) is 20.3. The lowest BCUT2D eigenvalue weighted by molar-refractivity contribution is 0.413. The van der Waals surface area contributed by atoms with Crippen molar-refractivity contribution in [1.29, 1.82) is 0 Å². The van der Waals surface area contributed by atoms with Crippen LogP contribution in [0.2, 0.25) is 0 Å². The standard InChI is InChI=1S/C63H63N3O/c1-39(2)43-21-23-44(24-22-43)47-29-30-64-56(37-47)49-34-48(35-51(36-49)63(9,10)11)52-19-16-20-57-59(52)65-61(55-32-40(3)31-42(5)60(55)67-12)66(57)58-33-41(4)53(45-17-14-13-15-18-45)38-54(58)46-25-27-50(28-26-46)62(6,7)8/h13-39H,1-12H3/i4D3,39D. The van der Waals surface area contributed by atoms with Crippen LogP contribution in [0.3, 0.4) is 0 Å². The monoisotopic (exact) mass is 882 g/mol. The molecule has 9 rings (SSSR count). The lowest BCUT2D eigenvalue weighted by atomic mass is 9.83. The Morgan fingerprint density at radius 1 is 0.567 bits per heavy atom. The van der Waals surface area contributed by atoms with Gasteiger partial charge in [0.2, 0.25) is 0 Å². The van der Waals surface area contributed by atoms with Crippen LogP contribution in [0.15, 0.2) is 158 Å². The molecule has 0 saturated heterocycles. The molecule has 0 fully saturated rings. The normalized spacial score (nSPS) is 13.2. The van der Waals surface area contributed by atoms with Crippen molar-refractivity contribution >= 4 is 11.0 Å². The minimum absolute atomic E-state index is 0.0684. The van der Waals surface area contributed by atoms with Gasteiger partial charge in [-0.1, -0.05) is 159 Å². The van der Waals surface area contributed by atoms with Crippen molar-refractivity contribution in [2.75, 3.05) is 7.11 Å². The van der Waals surface area contributed by atoms with Gasteiger partial charge in [0.05, 0.1) is 35.1 Å². The van der Waals surface area contributed by atoms with Gasteiger partial charge in [-0.05, 0) is 153 Å². The van der Waals surface area contributed by atoms with Gasteiger partial charge in [-0.2, -0.15) is 0 Å². The molecular weight excluding hydrogens is 815 g/mol. The number of rotatable bonds is 9. The zero-order chi connectivity index (χ0) is 50.8. The quantitative estimate of drug-likeness (QED) is 0.145. The highest BCUT2D eigenvalue weighted by Gasteiger charge is 2.26. The summed E-state index contributed by atoms with van der Waals surface area (Å²) < 4.78 is 44.0. The molecule has 0 N–H and O–H groups in total. The van der Waals surface area contributed by atoms with Crippen LogP contribution in [0.5, 0.6) is 5.75 Å². The van der Waals surface area contributed by atoms with Crippen LogP contribution in [-0.4, -0.2) is 21.6 Å². The molecule has 2 heterocycles. The number of methoxy groups -OCH3 is 1. The number of para-hydroxylation sites is 1. The molecule has 0 bridgehead atoms. The molecule has 67 heavy (non-hydrogen) atoms. The van der Waals surface area contributed by atoms with E-state index in [1.807, 2.05) is 81.6 Å². The van der Waals surface area contributed by atoms with Gasteiger partial charge in [-0.3, -0.25) is 9.55 Å². The third kappa shape index (κ3) is 8.86. The zero-order valence-corrected chi connectivity index (χ0v) is 40.8. The van der Waals surface area contributed by atoms with Crippen molar-refractivity contribution in [2.45, 2.75) is 92.8 Å². The molecule has 4 nitrogen and oxygen atoms in total. The second-order valence-electron chi connectivity index (χ2n) is 20.3. The molecule has 0 spiro atoms. The molecule has 0 radical (unpaired) electrons. The molecule has 0 saturated carbocycles. The summed E-state index contributed by atoms with van der Waals surface area (Å²) in [6.45, 7) is 18.8. The van der Waals surface area contributed by atoms with E-state index in [0.717, 1.165) is 89.1 Å². The van der Waals surface area contributed by atoms with E-state index < -0.39 is 12.7 Å². The topological polar surface area (TPSA) is 39.9 Å². The van der Waals surface area contributed by atoms with E-state index in [1.54, 1.807) is 7.11 Å². The third-order valence-electron chi connectivity index (χ3n) is 13.0. The largest absolute Gasteiger partial charge is 0.496 e. The van der Waals surface area contributed by atoms with Crippen LogP contribution in [0.25, 0.3) is 83.9 Å². The lowest BCUT2D eigenvalue weighted by Gasteiger charge is -2.22. The van der Waals surface area contributed by atoms with Gasteiger partial charge >= 0.3 is 0 Å². The van der Waals surface area contributed by atoms with Crippen molar-refractivity contribution in [3.05, 3.63) is 191 Å². The molecular formula is C63H63N3O. The Bertz CT molecular complexity index is 3440. The van der Waals surface area contributed by atoms with Crippen molar-refractivity contribution in [2.24, 2.45) is 0 Å². The van der Waals surface area contributed by atoms with E-state index in [9.17, 15) is 0 Å². The first-order valence-electron chi connectivity index (χ1n) is 25.3. The molecule has 4 heteroatoms. The molecule has 336 valence electrons. The van der Waals surface area contributed by atoms with Crippen molar-refractivity contribution in [3.63, 3.8) is 0 Å². The predicted molar refractivity (Wildman–Crippen MR) is 284 cm³/mol. The fourth-order valence-electron chi connectivity index (χ4n) is 9.29. The van der Waals surface area contributed by atoms with Gasteiger partial charge < -0.3 is 4.74 Å². The summed E-state index contributed by atoms with van der Waals surface area (Å²) >= 11 is 0. The number of ether oxygens (including phenoxy) is 1. The molecule has 0 aliphatic carbocycles. The fourth-order valence-corrected chi connectivity index (χ4v) is 9.29. The fraction of sp³-hybridized carbons (Fsp3) is 0.238. The van der Waals surface area contributed by atoms with Crippen LogP contribution < -0.4 is 4.74 Å². The van der Waals surface area contributed by atoms with E-state index in [0.29, 0.717) is 22.8 Å². The third-order valence-corrected chi connectivity index (χ3v) is 13.0. The summed E-state index contributed by atoms with van der Waals surface area (Å²) in [5.41, 5.74) is 17.5. The number of hydrogen-bond acceptors (Lipinski definition) is 3. The first-order chi connectivity index (χ1) is 33.5. The average molecular weight is 882 g/mol. The molecule has 9 aromatic rings. The molecule has 0 aliphatic heterocycles. The maximum absolute atomic E-state index is 9.04. The number of fused-ring (bicyclic) bond motifs is 1. The molecule has 7 aromatic carbocycles. The summed E-state index contributed by atoms with van der Waals surface area (Å²) in [4.78, 5) is 10.6. The first kappa shape index (κ1) is 40.3. The Morgan fingerprint density at radius 2 is 1.25 bits per heavy atom. The summed E-state index contributed by atoms with van der Waals surface area (Å²) in [7, 11) is 1.69. The van der Waals surface area contributed by atoms with Gasteiger partial charge in [0.1, 0.15) is 11.6 Å². The van der Waals surface area contributed by atoms with Gasteiger partial charge in [-0.25, -0.2) is 4.98 Å². The van der Waals surface area contributed by atoms with Gasteiger partial charge in [0, 0.05) is 28.4 Å². The molecule has 0 amide bonds. The maximum Gasteiger partial charge on any atom is 0.149 e. The predicted octanol–water partition coefficient (Wildman–Crippen LogP) is 17.1. The minimum Gasteiger partial charge on any atom is -0.496 e. The van der Waals surface area contributed by atoms with Gasteiger partial charge in [0.15, 0.2) is 0 Å². The number of aromatic nitrogens is 3. The summed E-state index contributed by atoms with van der Waals surface area (Å²) in [6.07, 6.45) is 1.87. The molecule has 0 unspecified atom stereocenters. The Hall–Kier alpha value is -7.04. The molecule has 0 atom stereocenters. The van der Waals surface area contributed by atoms with Crippen molar-refractivity contribution in [3.8, 4) is 78.6 Å². The van der Waals surface area contributed by atoms with Crippen LogP contribution in [0.1, 0.15) is 100 Å². The second kappa shape index (κ2) is 17.6. The molecule has 0 aliphatic rings. The smallest absolute Gasteiger partial charge is 0.149 e. The highest BCUT2D eigenvalue weighted by molar-refractivity contribution is 5.98. The van der Waals surface area contributed by atoms with Gasteiger partial charge in [-0.15, -0.1) is 0 Å². The lowest BCUT2D eigenvalue weighted by Crippen LogP contribution is -2.11. The van der Waals surface area contributed by atoms with E-state index in [-0.39, 0.29) is 16.4 Å². The summed E-state index contributed by atoms with van der Waals surface area (Å²) in [5, 5.41) is 0. The van der Waals surface area contributed by atoms with Crippen LogP contribution >= 0.6 is 0 Å². The number of hydrogen-bond donors (Lipinski definition) is 0. The van der Waals surface area contributed by atoms with E-state index in [1.165, 1.54) is 5.56 Å². The van der Waals surface area contributed by atoms with Gasteiger partial charge in [0.25, 0.3) is 0 Å². The van der Waals surface area contributed by atoms with Crippen LogP contribution in [-0.2, 0) is 10.8 Å². The molecule has 2 aromatic heterocycles. The van der Waals surface area contributed by atoms with E-state index >= 15 is 0 Å². The number of benzene rings is 7. The summed E-state index contributed by atoms with van der Waals surface area (Å²) in [5.74, 6) is 0.640. The number of aryl methyl sites for hydroxylation is 3. The van der Waals surface area contributed by atoms with E-state index in [2.05, 4.69) is 150 Å². The maximum atomic E-state index is 9.04. The average Bonchev–Trinajstić information content (AvgIpc) is 3.72. The SMILES string of the molecule is [2H]C([2H])([2H])c1cc(-n2c(-c3cc(C)cc(C)c3OC)nc3c(-c4cc(-c5cc(-c6ccc(C([2H])(C)C)cc6)ccn5)cc(C(C)(C)C)c4)cccc32)c(-c2ccc(C(C)(C)C)cc2)cc1-c1ccccc1.